The van der Waals surface area contributed by atoms with Crippen LogP contribution in [0, 0.1) is 0 Å². The summed E-state index contributed by atoms with van der Waals surface area (Å²) in [7, 11) is 0.170. The van der Waals surface area contributed by atoms with Gasteiger partial charge in [0.15, 0.2) is 0 Å². The van der Waals surface area contributed by atoms with Gasteiger partial charge in [-0.25, -0.2) is 0 Å². The number of rotatable bonds is 6. The first-order chi connectivity index (χ1) is 6.39. The Kier molecular flexibility index (Phi) is 6.30. The lowest BCUT2D eigenvalue weighted by Gasteiger charge is -2.43. The maximum absolute atomic E-state index is 2.52. The van der Waals surface area contributed by atoms with Crippen LogP contribution in [0.3, 0.4) is 0 Å². The molecule has 0 aliphatic rings. The molecule has 0 fully saturated rings. The summed E-state index contributed by atoms with van der Waals surface area (Å²) < 4.78 is 0. The molecule has 1 atom stereocenters. The summed E-state index contributed by atoms with van der Waals surface area (Å²) in [4.78, 5) is 0. The molecule has 14 heavy (non-hydrogen) atoms. The lowest BCUT2D eigenvalue weighted by Crippen LogP contribution is -2.28. The van der Waals surface area contributed by atoms with Gasteiger partial charge in [-0.1, -0.05) is 62.8 Å². The molecule has 0 saturated heterocycles. The number of hydrogen-bond acceptors (Lipinski definition) is 0. The van der Waals surface area contributed by atoms with E-state index in [1.807, 2.05) is 0 Å². The van der Waals surface area contributed by atoms with Crippen LogP contribution < -0.4 is 0 Å². The standard InChI is InChI=1S/C13H29P/c1-8-10-13(7,9-2)14(11(3)4)12(5)6/h11-12H,8-10H2,1-7H3. The second-order valence-electron chi connectivity index (χ2n) is 5.20. The smallest absolute Gasteiger partial charge is 0.0121 e. The van der Waals surface area contributed by atoms with E-state index in [-0.39, 0.29) is 7.92 Å². The Bertz CT molecular complexity index is 143. The molecule has 0 heterocycles. The highest BCUT2D eigenvalue weighted by Gasteiger charge is 2.34. The Labute approximate surface area is 92.6 Å². The van der Waals surface area contributed by atoms with Crippen LogP contribution in [0.15, 0.2) is 0 Å². The molecule has 0 aromatic carbocycles. The molecular weight excluding hydrogens is 187 g/mol. The van der Waals surface area contributed by atoms with E-state index < -0.39 is 0 Å². The van der Waals surface area contributed by atoms with Gasteiger partial charge in [-0.05, 0) is 29.3 Å². The minimum absolute atomic E-state index is 0.170. The van der Waals surface area contributed by atoms with Crippen molar-refractivity contribution in [1.82, 2.24) is 0 Å². The van der Waals surface area contributed by atoms with Crippen LogP contribution in [0.4, 0.5) is 0 Å². The fourth-order valence-electron chi connectivity index (χ4n) is 2.87. The van der Waals surface area contributed by atoms with Gasteiger partial charge in [-0.15, -0.1) is 0 Å². The van der Waals surface area contributed by atoms with E-state index >= 15 is 0 Å². The Morgan fingerprint density at radius 2 is 1.43 bits per heavy atom. The molecule has 0 radical (unpaired) electrons. The summed E-state index contributed by atoms with van der Waals surface area (Å²) in [5.41, 5.74) is 1.75. The predicted octanol–water partition coefficient (Wildman–Crippen LogP) is 5.25. The van der Waals surface area contributed by atoms with Gasteiger partial charge in [0.1, 0.15) is 0 Å². The highest BCUT2D eigenvalue weighted by atomic mass is 31.1. The zero-order valence-electron chi connectivity index (χ0n) is 11.2. The van der Waals surface area contributed by atoms with E-state index in [2.05, 4.69) is 48.5 Å². The molecule has 0 N–H and O–H groups in total. The van der Waals surface area contributed by atoms with Crippen molar-refractivity contribution < 1.29 is 0 Å². The van der Waals surface area contributed by atoms with E-state index in [4.69, 9.17) is 0 Å². The summed E-state index contributed by atoms with van der Waals surface area (Å²) in [5, 5.41) is 0.617. The average molecular weight is 216 g/mol. The maximum atomic E-state index is 2.52. The Morgan fingerprint density at radius 1 is 1.00 bits per heavy atom. The van der Waals surface area contributed by atoms with Crippen LogP contribution in [0.25, 0.3) is 0 Å². The van der Waals surface area contributed by atoms with Gasteiger partial charge in [-0.3, -0.25) is 0 Å². The topological polar surface area (TPSA) is 0 Å². The van der Waals surface area contributed by atoms with Crippen molar-refractivity contribution in [2.75, 3.05) is 0 Å². The van der Waals surface area contributed by atoms with Gasteiger partial charge in [0, 0.05) is 0 Å². The molecule has 0 amide bonds. The highest BCUT2D eigenvalue weighted by molar-refractivity contribution is 7.60. The predicted molar refractivity (Wildman–Crippen MR) is 70.8 cm³/mol. The third kappa shape index (κ3) is 3.54. The lowest BCUT2D eigenvalue weighted by molar-refractivity contribution is 0.540. The normalized spacial score (nSPS) is 16.7. The minimum Gasteiger partial charge on any atom is -0.0954 e. The van der Waals surface area contributed by atoms with Crippen molar-refractivity contribution in [2.45, 2.75) is 84.2 Å². The first kappa shape index (κ1) is 14.4. The largest absolute Gasteiger partial charge is 0.0954 e. The molecule has 86 valence electrons. The van der Waals surface area contributed by atoms with Gasteiger partial charge in [0.05, 0.1) is 0 Å². The molecule has 0 saturated carbocycles. The van der Waals surface area contributed by atoms with Gasteiger partial charge >= 0.3 is 0 Å². The molecule has 0 rings (SSSR count). The molecule has 0 aromatic heterocycles. The molecule has 1 unspecified atom stereocenters. The molecule has 0 aliphatic carbocycles. The monoisotopic (exact) mass is 216 g/mol. The third-order valence-corrected chi connectivity index (χ3v) is 7.30. The summed E-state index contributed by atoms with van der Waals surface area (Å²) in [6.07, 6.45) is 4.09. The Morgan fingerprint density at radius 3 is 1.64 bits per heavy atom. The Hall–Kier alpha value is 0.430. The maximum Gasteiger partial charge on any atom is -0.0121 e. The Balaban J connectivity index is 4.73. The first-order valence-electron chi connectivity index (χ1n) is 6.17. The van der Waals surface area contributed by atoms with Crippen LogP contribution in [-0.2, 0) is 0 Å². The summed E-state index contributed by atoms with van der Waals surface area (Å²) in [5.74, 6) is 0. The van der Waals surface area contributed by atoms with E-state index in [0.29, 0.717) is 5.16 Å². The average Bonchev–Trinajstić information content (AvgIpc) is 2.03. The van der Waals surface area contributed by atoms with Gasteiger partial charge in [0.2, 0.25) is 0 Å². The van der Waals surface area contributed by atoms with Gasteiger partial charge in [0.25, 0.3) is 0 Å². The summed E-state index contributed by atoms with van der Waals surface area (Å²) >= 11 is 0. The molecule has 0 bridgehead atoms. The van der Waals surface area contributed by atoms with Gasteiger partial charge < -0.3 is 0 Å². The lowest BCUT2D eigenvalue weighted by atomic mass is 10.0. The third-order valence-electron chi connectivity index (χ3n) is 3.29. The number of hydrogen-bond donors (Lipinski definition) is 0. The van der Waals surface area contributed by atoms with Crippen molar-refractivity contribution in [3.05, 3.63) is 0 Å². The first-order valence-corrected chi connectivity index (χ1v) is 7.65. The van der Waals surface area contributed by atoms with E-state index in [9.17, 15) is 0 Å². The van der Waals surface area contributed by atoms with Crippen LogP contribution in [0.2, 0.25) is 0 Å². The molecule has 0 nitrogen and oxygen atoms in total. The highest BCUT2D eigenvalue weighted by Crippen LogP contribution is 2.60. The molecule has 0 aromatic rings. The van der Waals surface area contributed by atoms with Gasteiger partial charge in [-0.2, -0.15) is 0 Å². The van der Waals surface area contributed by atoms with E-state index in [1.165, 1.54) is 19.3 Å². The summed E-state index contributed by atoms with van der Waals surface area (Å²) in [6, 6.07) is 0. The molecule has 0 aliphatic heterocycles. The fourth-order valence-corrected chi connectivity index (χ4v) is 7.40. The zero-order chi connectivity index (χ0) is 11.4. The zero-order valence-corrected chi connectivity index (χ0v) is 12.1. The van der Waals surface area contributed by atoms with Crippen LogP contribution >= 0.6 is 7.92 Å². The van der Waals surface area contributed by atoms with Crippen LogP contribution in [0.1, 0.15) is 67.7 Å². The second-order valence-corrected chi connectivity index (χ2v) is 9.16. The molecule has 0 spiro atoms. The SMILES string of the molecule is CCCC(C)(CC)P(C(C)C)C(C)C. The van der Waals surface area contributed by atoms with E-state index in [1.54, 1.807) is 0 Å². The van der Waals surface area contributed by atoms with Crippen LogP contribution in [-0.4, -0.2) is 16.5 Å². The van der Waals surface area contributed by atoms with Crippen molar-refractivity contribution in [3.63, 3.8) is 0 Å². The van der Waals surface area contributed by atoms with E-state index in [0.717, 1.165) is 11.3 Å². The van der Waals surface area contributed by atoms with Crippen molar-refractivity contribution >= 4 is 7.92 Å². The molecule has 1 heteroatoms. The van der Waals surface area contributed by atoms with Crippen molar-refractivity contribution in [3.8, 4) is 0 Å². The molecular formula is C13H29P. The fraction of sp³-hybridized carbons (Fsp3) is 1.00. The summed E-state index contributed by atoms with van der Waals surface area (Å²) in [6.45, 7) is 16.9. The quantitative estimate of drug-likeness (QED) is 0.532. The minimum atomic E-state index is 0.170. The van der Waals surface area contributed by atoms with Crippen molar-refractivity contribution in [2.24, 2.45) is 0 Å². The van der Waals surface area contributed by atoms with Crippen LogP contribution in [0.5, 0.6) is 0 Å². The second kappa shape index (κ2) is 6.11. The van der Waals surface area contributed by atoms with Crippen molar-refractivity contribution in [1.29, 1.82) is 0 Å².